The van der Waals surface area contributed by atoms with Crippen molar-refractivity contribution in [3.05, 3.63) is 53.6 Å². The maximum absolute atomic E-state index is 2.23. The minimum absolute atomic E-state index is 0. The fourth-order valence-electron chi connectivity index (χ4n) is 2.07. The van der Waals surface area contributed by atoms with E-state index in [9.17, 15) is 0 Å². The van der Waals surface area contributed by atoms with Crippen LogP contribution in [0.5, 0.6) is 0 Å². The molecule has 0 atom stereocenters. The van der Waals surface area contributed by atoms with Crippen molar-refractivity contribution in [2.24, 2.45) is 0 Å². The summed E-state index contributed by atoms with van der Waals surface area (Å²) in [6.07, 6.45) is 5.53. The molecule has 1 heteroatoms. The van der Waals surface area contributed by atoms with Gasteiger partial charge in [0, 0.05) is 0 Å². The number of rotatable bonds is 0. The van der Waals surface area contributed by atoms with Crippen LogP contribution in [0.25, 0.3) is 16.8 Å². The van der Waals surface area contributed by atoms with E-state index in [-0.39, 0.29) is 4.70 Å². The monoisotopic (exact) mass is 186 g/mol. The highest BCUT2D eigenvalue weighted by atomic mass is 19.0. The largest absolute Gasteiger partial charge is 0.269 e. The van der Waals surface area contributed by atoms with Crippen LogP contribution in [0.2, 0.25) is 0 Å². The van der Waals surface area contributed by atoms with Gasteiger partial charge in [-0.2, -0.15) is 0 Å². The third kappa shape index (κ3) is 1.13. The van der Waals surface area contributed by atoms with Gasteiger partial charge in [-0.1, -0.05) is 48.6 Å². The first-order chi connectivity index (χ1) is 6.45. The van der Waals surface area contributed by atoms with E-state index in [4.69, 9.17) is 0 Å². The molecule has 2 aromatic rings. The number of hydrogen-bond acceptors (Lipinski definition) is 0. The number of benzene rings is 2. The van der Waals surface area contributed by atoms with Crippen molar-refractivity contribution in [2.45, 2.75) is 6.42 Å². The summed E-state index contributed by atoms with van der Waals surface area (Å²) in [5, 5.41) is 2.80. The molecule has 0 unspecified atom stereocenters. The first-order valence-corrected chi connectivity index (χ1v) is 4.62. The van der Waals surface area contributed by atoms with Gasteiger partial charge in [0.2, 0.25) is 0 Å². The average molecular weight is 186 g/mol. The van der Waals surface area contributed by atoms with Crippen LogP contribution in [0.3, 0.4) is 0 Å². The molecule has 0 nitrogen and oxygen atoms in total. The van der Waals surface area contributed by atoms with Crippen molar-refractivity contribution in [1.82, 2.24) is 0 Å². The zero-order valence-electron chi connectivity index (χ0n) is 7.73. The SMILES string of the molecule is C1=Cc2cccc3cccc(c23)C1.F. The maximum Gasteiger partial charge on any atom is -0.00763 e. The number of hydrogen-bond donors (Lipinski definition) is 0. The Labute approximate surface area is 82.2 Å². The second-order valence-electron chi connectivity index (χ2n) is 3.47. The lowest BCUT2D eigenvalue weighted by Crippen LogP contribution is -1.91. The molecule has 0 bridgehead atoms. The second-order valence-corrected chi connectivity index (χ2v) is 3.47. The van der Waals surface area contributed by atoms with Gasteiger partial charge in [-0.15, -0.1) is 0 Å². The standard InChI is InChI=1S/C13H10.FH/c1-4-10-6-2-8-12-9-3-7-11(5-1)13(10)12;/h1-8H,9H2;1H. The number of allylic oxidation sites excluding steroid dienone is 1. The molecule has 0 saturated heterocycles. The van der Waals surface area contributed by atoms with E-state index in [0.29, 0.717) is 0 Å². The smallest absolute Gasteiger partial charge is 0.00763 e. The van der Waals surface area contributed by atoms with Crippen molar-refractivity contribution in [1.29, 1.82) is 0 Å². The first-order valence-electron chi connectivity index (χ1n) is 4.62. The van der Waals surface area contributed by atoms with Gasteiger partial charge in [-0.05, 0) is 28.3 Å². The summed E-state index contributed by atoms with van der Waals surface area (Å²) in [5.74, 6) is 0. The molecule has 0 spiro atoms. The van der Waals surface area contributed by atoms with E-state index in [2.05, 4.69) is 48.6 Å². The molecule has 0 aliphatic heterocycles. The Kier molecular flexibility index (Phi) is 2.08. The molecule has 14 heavy (non-hydrogen) atoms. The summed E-state index contributed by atoms with van der Waals surface area (Å²) in [6.45, 7) is 0. The van der Waals surface area contributed by atoms with Gasteiger partial charge < -0.3 is 0 Å². The molecule has 0 saturated carbocycles. The Morgan fingerprint density at radius 2 is 1.71 bits per heavy atom. The molecule has 0 aromatic heterocycles. The Morgan fingerprint density at radius 3 is 2.57 bits per heavy atom. The third-order valence-corrected chi connectivity index (χ3v) is 2.66. The van der Waals surface area contributed by atoms with Gasteiger partial charge in [-0.3, -0.25) is 4.70 Å². The zero-order valence-corrected chi connectivity index (χ0v) is 7.73. The van der Waals surface area contributed by atoms with Crippen LogP contribution in [-0.2, 0) is 6.42 Å². The number of halogens is 1. The first kappa shape index (κ1) is 8.95. The van der Waals surface area contributed by atoms with E-state index in [0.717, 1.165) is 6.42 Å². The lowest BCUT2D eigenvalue weighted by molar-refractivity contribution is 1.11. The van der Waals surface area contributed by atoms with Crippen molar-refractivity contribution >= 4 is 16.8 Å². The highest BCUT2D eigenvalue weighted by Gasteiger charge is 2.06. The van der Waals surface area contributed by atoms with Crippen molar-refractivity contribution in [2.75, 3.05) is 0 Å². The fourth-order valence-corrected chi connectivity index (χ4v) is 2.07. The van der Waals surface area contributed by atoms with Crippen molar-refractivity contribution in [3.8, 4) is 0 Å². The van der Waals surface area contributed by atoms with Crippen LogP contribution >= 0.6 is 0 Å². The van der Waals surface area contributed by atoms with E-state index in [1.165, 1.54) is 21.9 Å². The second kappa shape index (κ2) is 3.26. The van der Waals surface area contributed by atoms with Crippen LogP contribution in [0.1, 0.15) is 11.1 Å². The predicted octanol–water partition coefficient (Wildman–Crippen LogP) is 3.56. The minimum atomic E-state index is 0. The Morgan fingerprint density at radius 1 is 0.929 bits per heavy atom. The normalized spacial score (nSPS) is 12.6. The zero-order chi connectivity index (χ0) is 8.67. The van der Waals surface area contributed by atoms with Gasteiger partial charge in [0.25, 0.3) is 0 Å². The van der Waals surface area contributed by atoms with E-state index in [1.807, 2.05) is 0 Å². The maximum atomic E-state index is 2.23. The molecule has 1 aliphatic rings. The lowest BCUT2D eigenvalue weighted by Gasteiger charge is -2.11. The van der Waals surface area contributed by atoms with Gasteiger partial charge in [0.1, 0.15) is 0 Å². The van der Waals surface area contributed by atoms with E-state index < -0.39 is 0 Å². The van der Waals surface area contributed by atoms with Crippen LogP contribution in [0.15, 0.2) is 42.5 Å². The highest BCUT2D eigenvalue weighted by molar-refractivity contribution is 5.94. The van der Waals surface area contributed by atoms with Gasteiger partial charge in [0.15, 0.2) is 0 Å². The van der Waals surface area contributed by atoms with Crippen LogP contribution in [-0.4, -0.2) is 0 Å². The van der Waals surface area contributed by atoms with E-state index in [1.54, 1.807) is 0 Å². The molecule has 0 N–H and O–H groups in total. The molecule has 2 aromatic carbocycles. The van der Waals surface area contributed by atoms with Crippen LogP contribution in [0, 0.1) is 0 Å². The molecular formula is C13H11F. The van der Waals surface area contributed by atoms with Gasteiger partial charge in [-0.25, -0.2) is 0 Å². The predicted molar refractivity (Wildman–Crippen MR) is 59.2 cm³/mol. The molecule has 70 valence electrons. The highest BCUT2D eigenvalue weighted by Crippen LogP contribution is 2.27. The topological polar surface area (TPSA) is 0 Å². The fraction of sp³-hybridized carbons (Fsp3) is 0.0769. The Balaban J connectivity index is 0.000000750. The van der Waals surface area contributed by atoms with Crippen LogP contribution < -0.4 is 0 Å². The molecule has 0 heterocycles. The lowest BCUT2D eigenvalue weighted by atomic mass is 9.93. The van der Waals surface area contributed by atoms with Crippen molar-refractivity contribution < 1.29 is 4.70 Å². The third-order valence-electron chi connectivity index (χ3n) is 2.66. The van der Waals surface area contributed by atoms with Crippen molar-refractivity contribution in [3.63, 3.8) is 0 Å². The molecule has 0 fully saturated rings. The Hall–Kier alpha value is -1.63. The summed E-state index contributed by atoms with van der Waals surface area (Å²) < 4.78 is 0. The molecule has 3 rings (SSSR count). The summed E-state index contributed by atoms with van der Waals surface area (Å²) in [7, 11) is 0. The molecule has 0 amide bonds. The summed E-state index contributed by atoms with van der Waals surface area (Å²) in [5.41, 5.74) is 2.81. The minimum Gasteiger partial charge on any atom is -0.269 e. The molecule has 1 aliphatic carbocycles. The summed E-state index contributed by atoms with van der Waals surface area (Å²) in [4.78, 5) is 0. The van der Waals surface area contributed by atoms with E-state index >= 15 is 0 Å². The van der Waals surface area contributed by atoms with Gasteiger partial charge in [0.05, 0.1) is 0 Å². The summed E-state index contributed by atoms with van der Waals surface area (Å²) in [6, 6.07) is 13.0. The Bertz CT molecular complexity index is 492. The molecular weight excluding hydrogens is 175 g/mol. The summed E-state index contributed by atoms with van der Waals surface area (Å²) >= 11 is 0. The quantitative estimate of drug-likeness (QED) is 0.590. The average Bonchev–Trinajstić information content (AvgIpc) is 2.19. The molecule has 0 radical (unpaired) electrons. The van der Waals surface area contributed by atoms with Gasteiger partial charge >= 0.3 is 0 Å². The van der Waals surface area contributed by atoms with Crippen LogP contribution in [0.4, 0.5) is 4.70 Å².